The molecule has 2 aromatic rings. The Labute approximate surface area is 123 Å². The summed E-state index contributed by atoms with van der Waals surface area (Å²) in [5, 5.41) is 4.56. The van der Waals surface area contributed by atoms with Crippen molar-refractivity contribution in [1.29, 1.82) is 0 Å². The van der Waals surface area contributed by atoms with Gasteiger partial charge in [-0.3, -0.25) is 4.79 Å². The molecular weight excluding hydrogens is 276 g/mol. The van der Waals surface area contributed by atoms with Crippen molar-refractivity contribution in [2.75, 3.05) is 0 Å². The molecule has 0 saturated heterocycles. The molecule has 0 N–H and O–H groups in total. The van der Waals surface area contributed by atoms with Gasteiger partial charge in [0, 0.05) is 17.9 Å². The minimum atomic E-state index is 0.118. The van der Waals surface area contributed by atoms with Crippen molar-refractivity contribution in [3.8, 4) is 0 Å². The van der Waals surface area contributed by atoms with Crippen LogP contribution < -0.4 is 0 Å². The number of carbonyl (C=O) groups is 1. The predicted molar refractivity (Wildman–Crippen MR) is 76.7 cm³/mol. The molecule has 0 aliphatic rings. The quantitative estimate of drug-likeness (QED) is 0.818. The predicted octanol–water partition coefficient (Wildman–Crippen LogP) is 3.47. The monoisotopic (exact) mass is 292 g/mol. The summed E-state index contributed by atoms with van der Waals surface area (Å²) >= 11 is 6.08. The van der Waals surface area contributed by atoms with Crippen LogP contribution in [-0.4, -0.2) is 15.9 Å². The molecule has 1 aromatic heterocycles. The number of nitrogens with zero attached hydrogens (tertiary/aromatic N) is 2. The Hall–Kier alpha value is -1.68. The van der Waals surface area contributed by atoms with Gasteiger partial charge < -0.3 is 4.52 Å². The highest BCUT2D eigenvalue weighted by atomic mass is 35.5. The first kappa shape index (κ1) is 14.7. The van der Waals surface area contributed by atoms with E-state index in [2.05, 4.69) is 10.1 Å². The summed E-state index contributed by atoms with van der Waals surface area (Å²) in [6.07, 6.45) is 1.23. The third-order valence-corrected chi connectivity index (χ3v) is 3.17. The fraction of sp³-hybridized carbons (Fsp3) is 0.400. The normalized spacial score (nSPS) is 11.0. The van der Waals surface area contributed by atoms with Crippen molar-refractivity contribution in [1.82, 2.24) is 10.1 Å². The van der Waals surface area contributed by atoms with Crippen LogP contribution in [0.4, 0.5) is 0 Å². The maximum atomic E-state index is 11.7. The van der Waals surface area contributed by atoms with Crippen molar-refractivity contribution in [3.05, 3.63) is 46.6 Å². The molecule has 0 unspecified atom stereocenters. The Kier molecular flexibility index (Phi) is 4.90. The fourth-order valence-corrected chi connectivity index (χ4v) is 2.14. The summed E-state index contributed by atoms with van der Waals surface area (Å²) in [6, 6.07) is 7.53. The van der Waals surface area contributed by atoms with Gasteiger partial charge in [-0.15, -0.1) is 0 Å². The summed E-state index contributed by atoms with van der Waals surface area (Å²) in [7, 11) is 0. The van der Waals surface area contributed by atoms with Crippen LogP contribution in [0.25, 0.3) is 0 Å². The van der Waals surface area contributed by atoms with Crippen LogP contribution in [0, 0.1) is 5.92 Å². The summed E-state index contributed by atoms with van der Waals surface area (Å²) in [4.78, 5) is 15.9. The average molecular weight is 293 g/mol. The van der Waals surface area contributed by atoms with E-state index in [9.17, 15) is 4.79 Å². The largest absolute Gasteiger partial charge is 0.339 e. The SMILES string of the molecule is CC(C)CC(=O)Cc1nc(Cc2ccccc2Cl)no1. The number of Topliss-reactive ketones (excluding diaryl/α,β-unsaturated/α-hetero) is 1. The van der Waals surface area contributed by atoms with Gasteiger partial charge in [0.15, 0.2) is 5.82 Å². The lowest BCUT2D eigenvalue weighted by Gasteiger charge is -2.00. The minimum Gasteiger partial charge on any atom is -0.339 e. The third kappa shape index (κ3) is 4.17. The molecule has 106 valence electrons. The molecule has 0 amide bonds. The molecule has 0 saturated carbocycles. The number of aromatic nitrogens is 2. The number of hydrogen-bond donors (Lipinski definition) is 0. The number of ketones is 1. The van der Waals surface area contributed by atoms with E-state index >= 15 is 0 Å². The van der Waals surface area contributed by atoms with E-state index in [0.717, 1.165) is 5.56 Å². The average Bonchev–Trinajstić information content (AvgIpc) is 2.78. The second-order valence-electron chi connectivity index (χ2n) is 5.19. The van der Waals surface area contributed by atoms with Crippen LogP contribution in [0.5, 0.6) is 0 Å². The molecule has 0 aliphatic heterocycles. The Balaban J connectivity index is 1.99. The highest BCUT2D eigenvalue weighted by Gasteiger charge is 2.13. The number of halogens is 1. The second kappa shape index (κ2) is 6.66. The Morgan fingerprint density at radius 1 is 1.35 bits per heavy atom. The van der Waals surface area contributed by atoms with Crippen LogP contribution in [0.3, 0.4) is 0 Å². The molecule has 1 aromatic carbocycles. The van der Waals surface area contributed by atoms with E-state index in [1.54, 1.807) is 0 Å². The molecule has 0 atom stereocenters. The van der Waals surface area contributed by atoms with Crippen molar-refractivity contribution >= 4 is 17.4 Å². The van der Waals surface area contributed by atoms with Crippen molar-refractivity contribution < 1.29 is 9.32 Å². The lowest BCUT2D eigenvalue weighted by Crippen LogP contribution is -2.06. The van der Waals surface area contributed by atoms with Gasteiger partial charge in [0.05, 0.1) is 6.42 Å². The molecule has 0 bridgehead atoms. The highest BCUT2D eigenvalue weighted by Crippen LogP contribution is 2.17. The first-order valence-corrected chi connectivity index (χ1v) is 6.99. The van der Waals surface area contributed by atoms with Gasteiger partial charge in [-0.2, -0.15) is 4.98 Å². The van der Waals surface area contributed by atoms with E-state index in [-0.39, 0.29) is 12.2 Å². The van der Waals surface area contributed by atoms with E-state index in [4.69, 9.17) is 16.1 Å². The second-order valence-corrected chi connectivity index (χ2v) is 5.59. The van der Waals surface area contributed by atoms with Gasteiger partial charge in [-0.1, -0.05) is 48.8 Å². The molecule has 2 rings (SSSR count). The first-order chi connectivity index (χ1) is 9.54. The van der Waals surface area contributed by atoms with E-state index in [1.165, 1.54) is 0 Å². The summed E-state index contributed by atoms with van der Waals surface area (Å²) < 4.78 is 5.10. The molecule has 1 heterocycles. The van der Waals surface area contributed by atoms with Gasteiger partial charge in [-0.25, -0.2) is 0 Å². The first-order valence-electron chi connectivity index (χ1n) is 6.61. The van der Waals surface area contributed by atoms with Crippen molar-refractivity contribution in [2.45, 2.75) is 33.1 Å². The molecule has 0 aliphatic carbocycles. The van der Waals surface area contributed by atoms with Gasteiger partial charge in [0.1, 0.15) is 5.78 Å². The number of benzene rings is 1. The molecule has 4 nitrogen and oxygen atoms in total. The fourth-order valence-electron chi connectivity index (χ4n) is 1.94. The van der Waals surface area contributed by atoms with Crippen LogP contribution in [0.15, 0.2) is 28.8 Å². The Morgan fingerprint density at radius 2 is 2.10 bits per heavy atom. The molecular formula is C15H17ClN2O2. The van der Waals surface area contributed by atoms with E-state index in [1.807, 2.05) is 38.1 Å². The van der Waals surface area contributed by atoms with Gasteiger partial charge in [0.25, 0.3) is 0 Å². The van der Waals surface area contributed by atoms with Crippen LogP contribution in [-0.2, 0) is 17.6 Å². The Morgan fingerprint density at radius 3 is 2.80 bits per heavy atom. The zero-order chi connectivity index (χ0) is 14.5. The lowest BCUT2D eigenvalue weighted by atomic mass is 10.1. The zero-order valence-corrected chi connectivity index (χ0v) is 12.4. The Bertz CT molecular complexity index is 593. The van der Waals surface area contributed by atoms with Crippen molar-refractivity contribution in [2.24, 2.45) is 5.92 Å². The van der Waals surface area contributed by atoms with E-state index < -0.39 is 0 Å². The topological polar surface area (TPSA) is 56.0 Å². The maximum absolute atomic E-state index is 11.7. The molecule has 0 radical (unpaired) electrons. The van der Waals surface area contributed by atoms with E-state index in [0.29, 0.717) is 35.5 Å². The number of rotatable bonds is 6. The minimum absolute atomic E-state index is 0.118. The maximum Gasteiger partial charge on any atom is 0.234 e. The summed E-state index contributed by atoms with van der Waals surface area (Å²) in [5.41, 5.74) is 0.940. The standard InChI is InChI=1S/C15H17ClN2O2/c1-10(2)7-12(19)9-15-17-14(18-20-15)8-11-5-3-4-6-13(11)16/h3-6,10H,7-9H2,1-2H3. The smallest absolute Gasteiger partial charge is 0.234 e. The number of carbonyl (C=O) groups excluding carboxylic acids is 1. The lowest BCUT2D eigenvalue weighted by molar-refractivity contribution is -0.119. The molecule has 20 heavy (non-hydrogen) atoms. The van der Waals surface area contributed by atoms with Gasteiger partial charge >= 0.3 is 0 Å². The van der Waals surface area contributed by atoms with Crippen LogP contribution >= 0.6 is 11.6 Å². The third-order valence-electron chi connectivity index (χ3n) is 2.80. The zero-order valence-electron chi connectivity index (χ0n) is 11.6. The summed E-state index contributed by atoms with van der Waals surface area (Å²) in [5.74, 6) is 1.38. The van der Waals surface area contributed by atoms with Gasteiger partial charge in [0.2, 0.25) is 5.89 Å². The molecule has 0 fully saturated rings. The molecule has 5 heteroatoms. The molecule has 0 spiro atoms. The van der Waals surface area contributed by atoms with Crippen LogP contribution in [0.2, 0.25) is 5.02 Å². The highest BCUT2D eigenvalue weighted by molar-refractivity contribution is 6.31. The van der Waals surface area contributed by atoms with Gasteiger partial charge in [-0.05, 0) is 17.5 Å². The summed E-state index contributed by atoms with van der Waals surface area (Å²) in [6.45, 7) is 4.02. The number of hydrogen-bond acceptors (Lipinski definition) is 4. The van der Waals surface area contributed by atoms with Crippen molar-refractivity contribution in [3.63, 3.8) is 0 Å². The van der Waals surface area contributed by atoms with Crippen LogP contribution in [0.1, 0.15) is 37.5 Å².